The Labute approximate surface area is 80.4 Å². The van der Waals surface area contributed by atoms with Crippen molar-refractivity contribution in [2.45, 2.75) is 19.4 Å². The lowest BCUT2D eigenvalue weighted by atomic mass is 10.2. The van der Waals surface area contributed by atoms with Gasteiger partial charge in [-0.1, -0.05) is 0 Å². The Bertz CT molecular complexity index is 358. The topological polar surface area (TPSA) is 98.2 Å². The third-order valence-corrected chi connectivity index (χ3v) is 1.88. The molecule has 0 saturated carbocycles. The Morgan fingerprint density at radius 1 is 1.71 bits per heavy atom. The lowest BCUT2D eigenvalue weighted by Crippen LogP contribution is -2.25. The molecule has 0 saturated heterocycles. The molecule has 6 nitrogen and oxygen atoms in total. The molecule has 1 amide bonds. The number of aryl methyl sites for hydroxylation is 1. The molecule has 0 aromatic carbocycles. The summed E-state index contributed by atoms with van der Waals surface area (Å²) in [7, 11) is 0. The van der Waals surface area contributed by atoms with Gasteiger partial charge in [-0.15, -0.1) is 0 Å². The standard InChI is InChI=1S/C8H11N3O3/c1-5-10-2-3-11(5)6(8(13)14)4-7(9)12/h2-3,6H,4H2,1H3,(H2,9,12)(H,13,14). The van der Waals surface area contributed by atoms with E-state index < -0.39 is 17.9 Å². The number of primary amides is 1. The van der Waals surface area contributed by atoms with Gasteiger partial charge in [0.2, 0.25) is 5.91 Å². The minimum absolute atomic E-state index is 0.230. The number of nitrogens with two attached hydrogens (primary N) is 1. The summed E-state index contributed by atoms with van der Waals surface area (Å²) in [6.45, 7) is 1.66. The number of rotatable bonds is 4. The van der Waals surface area contributed by atoms with Gasteiger partial charge < -0.3 is 15.4 Å². The molecule has 76 valence electrons. The predicted octanol–water partition coefficient (Wildman–Crippen LogP) is -0.307. The van der Waals surface area contributed by atoms with E-state index in [-0.39, 0.29) is 6.42 Å². The molecule has 3 N–H and O–H groups in total. The lowest BCUT2D eigenvalue weighted by molar-refractivity contribution is -0.142. The van der Waals surface area contributed by atoms with Gasteiger partial charge in [0.15, 0.2) is 0 Å². The summed E-state index contributed by atoms with van der Waals surface area (Å²) in [4.78, 5) is 25.3. The molecule has 0 fully saturated rings. The van der Waals surface area contributed by atoms with Gasteiger partial charge in [-0.05, 0) is 6.92 Å². The maximum absolute atomic E-state index is 10.8. The average Bonchev–Trinajstić information content (AvgIpc) is 2.46. The Morgan fingerprint density at radius 2 is 2.36 bits per heavy atom. The first-order valence-corrected chi connectivity index (χ1v) is 4.03. The molecule has 0 bridgehead atoms. The molecule has 14 heavy (non-hydrogen) atoms. The quantitative estimate of drug-likeness (QED) is 0.691. The van der Waals surface area contributed by atoms with Gasteiger partial charge in [0.1, 0.15) is 11.9 Å². The fourth-order valence-corrected chi connectivity index (χ4v) is 1.21. The van der Waals surface area contributed by atoms with Crippen molar-refractivity contribution in [1.29, 1.82) is 0 Å². The third-order valence-electron chi connectivity index (χ3n) is 1.88. The molecule has 0 spiro atoms. The zero-order valence-electron chi connectivity index (χ0n) is 7.67. The van der Waals surface area contributed by atoms with E-state index in [1.165, 1.54) is 17.0 Å². The van der Waals surface area contributed by atoms with Crippen LogP contribution in [-0.2, 0) is 9.59 Å². The Morgan fingerprint density at radius 3 is 2.71 bits per heavy atom. The van der Waals surface area contributed by atoms with Crippen molar-refractivity contribution < 1.29 is 14.7 Å². The summed E-state index contributed by atoms with van der Waals surface area (Å²) in [5.74, 6) is -1.20. The van der Waals surface area contributed by atoms with Gasteiger partial charge in [-0.2, -0.15) is 0 Å². The number of aromatic nitrogens is 2. The van der Waals surface area contributed by atoms with Crippen LogP contribution in [-0.4, -0.2) is 26.5 Å². The van der Waals surface area contributed by atoms with E-state index in [9.17, 15) is 9.59 Å². The van der Waals surface area contributed by atoms with Crippen LogP contribution in [0.2, 0.25) is 0 Å². The van der Waals surface area contributed by atoms with E-state index in [0.717, 1.165) is 0 Å². The Kier molecular flexibility index (Phi) is 2.85. The number of amides is 1. The highest BCUT2D eigenvalue weighted by Gasteiger charge is 2.22. The normalized spacial score (nSPS) is 12.4. The molecule has 6 heteroatoms. The van der Waals surface area contributed by atoms with Crippen LogP contribution in [0.1, 0.15) is 18.3 Å². The number of aliphatic carboxylic acids is 1. The fourth-order valence-electron chi connectivity index (χ4n) is 1.21. The van der Waals surface area contributed by atoms with Gasteiger partial charge in [-0.3, -0.25) is 4.79 Å². The van der Waals surface area contributed by atoms with Gasteiger partial charge in [0.25, 0.3) is 0 Å². The van der Waals surface area contributed by atoms with E-state index in [1.807, 2.05) is 0 Å². The van der Waals surface area contributed by atoms with Crippen molar-refractivity contribution in [2.24, 2.45) is 5.73 Å². The van der Waals surface area contributed by atoms with Gasteiger partial charge in [0.05, 0.1) is 6.42 Å². The number of carboxylic acids is 1. The Hall–Kier alpha value is -1.85. The molecular formula is C8H11N3O3. The van der Waals surface area contributed by atoms with Crippen molar-refractivity contribution in [3.8, 4) is 0 Å². The average molecular weight is 197 g/mol. The van der Waals surface area contributed by atoms with Gasteiger partial charge >= 0.3 is 5.97 Å². The minimum atomic E-state index is -1.09. The first-order valence-electron chi connectivity index (χ1n) is 4.03. The highest BCUT2D eigenvalue weighted by Crippen LogP contribution is 2.13. The Balaban J connectivity index is 2.94. The molecule has 0 aliphatic carbocycles. The summed E-state index contributed by atoms with van der Waals surface area (Å²) in [6.07, 6.45) is 2.76. The summed E-state index contributed by atoms with van der Waals surface area (Å²) >= 11 is 0. The van der Waals surface area contributed by atoms with E-state index in [4.69, 9.17) is 10.8 Å². The zero-order chi connectivity index (χ0) is 10.7. The number of hydrogen-bond donors (Lipinski definition) is 2. The van der Waals surface area contributed by atoms with Crippen LogP contribution >= 0.6 is 0 Å². The van der Waals surface area contributed by atoms with Crippen molar-refractivity contribution in [3.63, 3.8) is 0 Å². The van der Waals surface area contributed by atoms with E-state index in [0.29, 0.717) is 5.82 Å². The smallest absolute Gasteiger partial charge is 0.327 e. The van der Waals surface area contributed by atoms with Crippen LogP contribution in [0.25, 0.3) is 0 Å². The number of imidazole rings is 1. The molecule has 1 aromatic heterocycles. The monoisotopic (exact) mass is 197 g/mol. The lowest BCUT2D eigenvalue weighted by Gasteiger charge is -2.13. The zero-order valence-corrected chi connectivity index (χ0v) is 7.67. The maximum atomic E-state index is 10.8. The summed E-state index contributed by atoms with van der Waals surface area (Å²) in [5, 5.41) is 8.86. The van der Waals surface area contributed by atoms with Crippen LogP contribution in [0.4, 0.5) is 0 Å². The summed E-state index contributed by atoms with van der Waals surface area (Å²) in [6, 6.07) is -0.963. The molecular weight excluding hydrogens is 186 g/mol. The number of hydrogen-bond acceptors (Lipinski definition) is 3. The molecule has 1 rings (SSSR count). The first kappa shape index (κ1) is 10.2. The van der Waals surface area contributed by atoms with Crippen LogP contribution in [0.5, 0.6) is 0 Å². The number of nitrogens with zero attached hydrogens (tertiary/aromatic N) is 2. The highest BCUT2D eigenvalue weighted by molar-refractivity contribution is 5.82. The fraction of sp³-hybridized carbons (Fsp3) is 0.375. The van der Waals surface area contributed by atoms with Crippen molar-refractivity contribution in [2.75, 3.05) is 0 Å². The van der Waals surface area contributed by atoms with Crippen LogP contribution in [0, 0.1) is 6.92 Å². The third kappa shape index (κ3) is 2.09. The highest BCUT2D eigenvalue weighted by atomic mass is 16.4. The number of carboxylic acid groups (broad SMARTS) is 1. The molecule has 1 aromatic rings. The molecule has 0 radical (unpaired) electrons. The number of carbonyl (C=O) groups is 2. The first-order chi connectivity index (χ1) is 6.52. The molecule has 1 atom stereocenters. The van der Waals surface area contributed by atoms with E-state index in [2.05, 4.69) is 4.98 Å². The van der Waals surface area contributed by atoms with Gasteiger partial charge in [-0.25, -0.2) is 9.78 Å². The predicted molar refractivity (Wildman–Crippen MR) is 47.4 cm³/mol. The van der Waals surface area contributed by atoms with Crippen molar-refractivity contribution >= 4 is 11.9 Å². The van der Waals surface area contributed by atoms with Crippen molar-refractivity contribution in [3.05, 3.63) is 18.2 Å². The SMILES string of the molecule is Cc1nccn1C(CC(N)=O)C(=O)O. The molecule has 1 heterocycles. The molecule has 0 aliphatic rings. The van der Waals surface area contributed by atoms with Crippen LogP contribution in [0.15, 0.2) is 12.4 Å². The van der Waals surface area contributed by atoms with Crippen molar-refractivity contribution in [1.82, 2.24) is 9.55 Å². The van der Waals surface area contributed by atoms with Crippen LogP contribution < -0.4 is 5.73 Å². The van der Waals surface area contributed by atoms with Gasteiger partial charge in [0, 0.05) is 12.4 Å². The second-order valence-electron chi connectivity index (χ2n) is 2.91. The largest absolute Gasteiger partial charge is 0.480 e. The van der Waals surface area contributed by atoms with Crippen LogP contribution in [0.3, 0.4) is 0 Å². The second kappa shape index (κ2) is 3.91. The maximum Gasteiger partial charge on any atom is 0.327 e. The summed E-state index contributed by atoms with van der Waals surface area (Å²) < 4.78 is 1.41. The number of carbonyl (C=O) groups excluding carboxylic acids is 1. The molecule has 1 unspecified atom stereocenters. The second-order valence-corrected chi connectivity index (χ2v) is 2.91. The summed E-state index contributed by atoms with van der Waals surface area (Å²) in [5.41, 5.74) is 4.95. The molecule has 0 aliphatic heterocycles. The van der Waals surface area contributed by atoms with E-state index in [1.54, 1.807) is 6.92 Å². The minimum Gasteiger partial charge on any atom is -0.480 e. The van der Waals surface area contributed by atoms with E-state index >= 15 is 0 Å².